The summed E-state index contributed by atoms with van der Waals surface area (Å²) in [7, 11) is 1.54. The molecule has 0 saturated carbocycles. The summed E-state index contributed by atoms with van der Waals surface area (Å²) >= 11 is 0. The zero-order chi connectivity index (χ0) is 13.4. The van der Waals surface area contributed by atoms with Crippen LogP contribution < -0.4 is 5.32 Å². The maximum absolute atomic E-state index is 13.4. The van der Waals surface area contributed by atoms with Crippen molar-refractivity contribution in [3.05, 3.63) is 11.6 Å². The Hall–Kier alpha value is -1.11. The first-order chi connectivity index (χ1) is 8.40. The van der Waals surface area contributed by atoms with Crippen LogP contribution in [0.2, 0.25) is 0 Å². The van der Waals surface area contributed by atoms with Crippen LogP contribution in [0.1, 0.15) is 31.4 Å². The van der Waals surface area contributed by atoms with E-state index in [2.05, 4.69) is 15.4 Å². The zero-order valence-electron chi connectivity index (χ0n) is 10.5. The number of nitrogens with one attached hydrogen (secondary N) is 1. The van der Waals surface area contributed by atoms with Crippen molar-refractivity contribution in [3.63, 3.8) is 0 Å². The van der Waals surface area contributed by atoms with Gasteiger partial charge >= 0.3 is 6.18 Å². The molecule has 0 amide bonds. The Kier molecular flexibility index (Phi) is 3.35. The predicted molar refractivity (Wildman–Crippen MR) is 60.2 cm³/mol. The highest BCUT2D eigenvalue weighted by molar-refractivity contribution is 5.17. The normalized spacial score (nSPS) is 24.7. The third-order valence-electron chi connectivity index (χ3n) is 3.41. The molecule has 1 aliphatic rings. The summed E-state index contributed by atoms with van der Waals surface area (Å²) in [5, 5.41) is 6.87. The number of hydrogen-bond donors (Lipinski definition) is 1. The van der Waals surface area contributed by atoms with Crippen molar-refractivity contribution in [2.75, 3.05) is 13.1 Å². The minimum atomic E-state index is -4.30. The Bertz CT molecular complexity index is 418. The molecule has 18 heavy (non-hydrogen) atoms. The molecule has 1 aromatic rings. The number of hydrogen-bond acceptors (Lipinski definition) is 3. The van der Waals surface area contributed by atoms with E-state index >= 15 is 0 Å². The van der Waals surface area contributed by atoms with Gasteiger partial charge in [-0.15, -0.1) is 0 Å². The van der Waals surface area contributed by atoms with Crippen molar-refractivity contribution in [1.82, 2.24) is 20.1 Å². The number of nitrogens with zero attached hydrogens (tertiary/aromatic N) is 3. The molecule has 102 valence electrons. The van der Waals surface area contributed by atoms with Gasteiger partial charge in [0.2, 0.25) is 0 Å². The molecule has 1 aromatic heterocycles. The van der Waals surface area contributed by atoms with Crippen LogP contribution in [0.25, 0.3) is 0 Å². The van der Waals surface area contributed by atoms with E-state index in [0.717, 1.165) is 6.42 Å². The van der Waals surface area contributed by atoms with E-state index in [4.69, 9.17) is 0 Å². The fraction of sp³-hybridized carbons (Fsp3) is 0.818. The molecule has 0 aromatic carbocycles. The molecule has 4 nitrogen and oxygen atoms in total. The highest BCUT2D eigenvalue weighted by Crippen LogP contribution is 2.44. The van der Waals surface area contributed by atoms with Gasteiger partial charge in [-0.2, -0.15) is 18.3 Å². The van der Waals surface area contributed by atoms with Crippen LogP contribution in [0.15, 0.2) is 0 Å². The molecule has 1 atom stereocenters. The second-order valence-electron chi connectivity index (χ2n) is 4.73. The van der Waals surface area contributed by atoms with Crippen molar-refractivity contribution in [2.45, 2.75) is 37.8 Å². The summed E-state index contributed by atoms with van der Waals surface area (Å²) < 4.78 is 41.4. The first kappa shape index (κ1) is 13.3. The molecule has 0 radical (unpaired) electrons. The largest absolute Gasteiger partial charge is 0.402 e. The highest BCUT2D eigenvalue weighted by Gasteiger charge is 2.60. The number of halogens is 3. The van der Waals surface area contributed by atoms with Crippen LogP contribution in [0, 0.1) is 0 Å². The summed E-state index contributed by atoms with van der Waals surface area (Å²) in [5.74, 6) is 0.522. The summed E-state index contributed by atoms with van der Waals surface area (Å²) in [6.45, 7) is 2.19. The molecule has 1 N–H and O–H groups in total. The minimum absolute atomic E-state index is 0.0224. The number of alkyl halides is 3. The molecule has 1 fully saturated rings. The first-order valence-corrected chi connectivity index (χ1v) is 6.08. The van der Waals surface area contributed by atoms with Gasteiger partial charge < -0.3 is 5.32 Å². The van der Waals surface area contributed by atoms with Gasteiger partial charge in [0.25, 0.3) is 0 Å². The molecule has 1 saturated heterocycles. The van der Waals surface area contributed by atoms with Gasteiger partial charge in [-0.25, -0.2) is 4.98 Å². The van der Waals surface area contributed by atoms with Gasteiger partial charge in [0.05, 0.1) is 0 Å². The number of rotatable bonds is 3. The molecule has 2 heterocycles. The van der Waals surface area contributed by atoms with E-state index < -0.39 is 11.6 Å². The van der Waals surface area contributed by atoms with Crippen LogP contribution in [0.5, 0.6) is 0 Å². The van der Waals surface area contributed by atoms with Gasteiger partial charge in [-0.05, 0) is 19.4 Å². The maximum Gasteiger partial charge on any atom is 0.402 e. The van der Waals surface area contributed by atoms with Crippen LogP contribution in [0.3, 0.4) is 0 Å². The Balaban J connectivity index is 2.43. The zero-order valence-corrected chi connectivity index (χ0v) is 10.5. The molecule has 0 aliphatic carbocycles. The minimum Gasteiger partial charge on any atom is -0.315 e. The Labute approximate surface area is 104 Å². The lowest BCUT2D eigenvalue weighted by molar-refractivity contribution is -0.187. The molecule has 7 heteroatoms. The quantitative estimate of drug-likeness (QED) is 0.899. The molecular weight excluding hydrogens is 245 g/mol. The molecule has 0 bridgehead atoms. The Morgan fingerprint density at radius 3 is 2.67 bits per heavy atom. The SMILES string of the molecule is CCCc1nc(C2(C(F)(F)F)CCNC2)n(C)n1. The highest BCUT2D eigenvalue weighted by atomic mass is 19.4. The predicted octanol–water partition coefficient (Wildman–Crippen LogP) is 1.56. The van der Waals surface area contributed by atoms with Crippen molar-refractivity contribution in [1.29, 1.82) is 0 Å². The van der Waals surface area contributed by atoms with Gasteiger partial charge in [-0.1, -0.05) is 6.92 Å². The maximum atomic E-state index is 13.4. The lowest BCUT2D eigenvalue weighted by atomic mass is 9.85. The lowest BCUT2D eigenvalue weighted by Crippen LogP contribution is -2.46. The first-order valence-electron chi connectivity index (χ1n) is 6.08. The molecular formula is C11H17F3N4. The molecule has 2 rings (SSSR count). The molecule has 1 aliphatic heterocycles. The summed E-state index contributed by atoms with van der Waals surface area (Å²) in [5.41, 5.74) is -1.89. The van der Waals surface area contributed by atoms with Gasteiger partial charge in [0.15, 0.2) is 5.82 Å². The van der Waals surface area contributed by atoms with E-state index in [-0.39, 0.29) is 18.8 Å². The van der Waals surface area contributed by atoms with Crippen LogP contribution in [-0.2, 0) is 18.9 Å². The van der Waals surface area contributed by atoms with Crippen molar-refractivity contribution >= 4 is 0 Å². The van der Waals surface area contributed by atoms with Crippen molar-refractivity contribution in [2.24, 2.45) is 7.05 Å². The Morgan fingerprint density at radius 1 is 1.44 bits per heavy atom. The van der Waals surface area contributed by atoms with Crippen LogP contribution >= 0.6 is 0 Å². The fourth-order valence-corrected chi connectivity index (χ4v) is 2.44. The van der Waals surface area contributed by atoms with E-state index in [0.29, 0.717) is 18.8 Å². The average Bonchev–Trinajstić information content (AvgIpc) is 2.85. The van der Waals surface area contributed by atoms with E-state index in [1.165, 1.54) is 11.7 Å². The van der Waals surface area contributed by atoms with E-state index in [1.54, 1.807) is 0 Å². The van der Waals surface area contributed by atoms with Crippen LogP contribution in [0.4, 0.5) is 13.2 Å². The van der Waals surface area contributed by atoms with Gasteiger partial charge in [-0.3, -0.25) is 4.68 Å². The summed E-state index contributed by atoms with van der Waals surface area (Å²) in [6, 6.07) is 0. The van der Waals surface area contributed by atoms with Crippen molar-refractivity contribution < 1.29 is 13.2 Å². The number of aryl methyl sites for hydroxylation is 2. The number of aromatic nitrogens is 3. The second-order valence-corrected chi connectivity index (χ2v) is 4.73. The average molecular weight is 262 g/mol. The summed E-state index contributed by atoms with van der Waals surface area (Å²) in [4.78, 5) is 4.11. The monoisotopic (exact) mass is 262 g/mol. The standard InChI is InChI=1S/C11H17F3N4/c1-3-4-8-16-9(18(2)17-8)10(11(12,13)14)5-6-15-7-10/h15H,3-7H2,1-2H3. The van der Waals surface area contributed by atoms with Gasteiger partial charge in [0, 0.05) is 20.0 Å². The van der Waals surface area contributed by atoms with Gasteiger partial charge in [0.1, 0.15) is 11.2 Å². The molecule has 1 unspecified atom stereocenters. The topological polar surface area (TPSA) is 42.7 Å². The fourth-order valence-electron chi connectivity index (χ4n) is 2.44. The second kappa shape index (κ2) is 4.53. The van der Waals surface area contributed by atoms with Crippen LogP contribution in [-0.4, -0.2) is 34.0 Å². The molecule has 0 spiro atoms. The van der Waals surface area contributed by atoms with E-state index in [9.17, 15) is 13.2 Å². The van der Waals surface area contributed by atoms with Crippen molar-refractivity contribution in [3.8, 4) is 0 Å². The third kappa shape index (κ3) is 2.00. The summed E-state index contributed by atoms with van der Waals surface area (Å²) in [6.07, 6.45) is -2.86. The lowest BCUT2D eigenvalue weighted by Gasteiger charge is -2.29. The third-order valence-corrected chi connectivity index (χ3v) is 3.41. The smallest absolute Gasteiger partial charge is 0.315 e. The van der Waals surface area contributed by atoms with E-state index in [1.807, 2.05) is 6.92 Å². The Morgan fingerprint density at radius 2 is 2.17 bits per heavy atom.